The van der Waals surface area contributed by atoms with Crippen LogP contribution in [0, 0.1) is 17.8 Å². The maximum Gasteiger partial charge on any atom is 0.251 e. The normalized spacial score (nSPS) is 32.0. The summed E-state index contributed by atoms with van der Waals surface area (Å²) in [7, 11) is 0. The van der Waals surface area contributed by atoms with Crippen molar-refractivity contribution in [1.82, 2.24) is 9.96 Å². The second-order valence-corrected chi connectivity index (χ2v) is 6.87. The fourth-order valence-electron chi connectivity index (χ4n) is 4.07. The number of furan rings is 1. The Labute approximate surface area is 136 Å². The van der Waals surface area contributed by atoms with E-state index >= 15 is 0 Å². The van der Waals surface area contributed by atoms with Gasteiger partial charge in [-0.15, -0.1) is 0 Å². The summed E-state index contributed by atoms with van der Waals surface area (Å²) >= 11 is 0. The molecule has 0 saturated carbocycles. The van der Waals surface area contributed by atoms with E-state index in [1.807, 2.05) is 6.07 Å². The van der Waals surface area contributed by atoms with Gasteiger partial charge in [-0.3, -0.25) is 14.5 Å². The fourth-order valence-corrected chi connectivity index (χ4v) is 4.07. The second kappa shape index (κ2) is 6.63. The zero-order chi connectivity index (χ0) is 15.6. The summed E-state index contributed by atoms with van der Waals surface area (Å²) in [4.78, 5) is 20.8. The molecule has 3 saturated heterocycles. The molecule has 0 aromatic carbocycles. The quantitative estimate of drug-likeness (QED) is 0.845. The van der Waals surface area contributed by atoms with Crippen LogP contribution in [0.5, 0.6) is 0 Å². The highest BCUT2D eigenvalue weighted by Gasteiger charge is 2.45. The first-order valence-electron chi connectivity index (χ1n) is 8.57. The highest BCUT2D eigenvalue weighted by atomic mass is 16.7. The first kappa shape index (κ1) is 15.2. The van der Waals surface area contributed by atoms with Gasteiger partial charge in [-0.1, -0.05) is 0 Å². The number of hydrogen-bond acceptors (Lipinski definition) is 5. The van der Waals surface area contributed by atoms with E-state index in [4.69, 9.17) is 14.0 Å². The Kier molecular flexibility index (Phi) is 4.37. The number of hydroxylamine groups is 2. The maximum absolute atomic E-state index is 12.8. The number of rotatable bonds is 3. The summed E-state index contributed by atoms with van der Waals surface area (Å²) in [5.41, 5.74) is 1.19. The molecule has 4 heterocycles. The van der Waals surface area contributed by atoms with E-state index in [1.165, 1.54) is 5.56 Å². The number of nitrogens with zero attached hydrogens (tertiary/aromatic N) is 2. The van der Waals surface area contributed by atoms with Crippen molar-refractivity contribution in [2.45, 2.75) is 19.4 Å². The van der Waals surface area contributed by atoms with Gasteiger partial charge in [-0.2, -0.15) is 0 Å². The number of carbonyl (C=O) groups excluding carboxylic acids is 1. The summed E-state index contributed by atoms with van der Waals surface area (Å²) in [5.74, 6) is 0.855. The van der Waals surface area contributed by atoms with Crippen molar-refractivity contribution < 1.29 is 18.8 Å². The molecule has 1 amide bonds. The van der Waals surface area contributed by atoms with Crippen LogP contribution >= 0.6 is 0 Å². The lowest BCUT2D eigenvalue weighted by atomic mass is 9.82. The number of fused-ring (bicyclic) bond motifs is 1. The number of carbonyl (C=O) groups is 1. The Bertz CT molecular complexity index is 527. The molecule has 0 bridgehead atoms. The largest absolute Gasteiger partial charge is 0.472 e. The molecule has 3 aliphatic heterocycles. The minimum atomic E-state index is -0.0683. The Morgan fingerprint density at radius 3 is 3.00 bits per heavy atom. The van der Waals surface area contributed by atoms with E-state index in [9.17, 15) is 4.79 Å². The van der Waals surface area contributed by atoms with Gasteiger partial charge < -0.3 is 9.15 Å². The molecular weight excluding hydrogens is 296 g/mol. The van der Waals surface area contributed by atoms with Crippen LogP contribution in [0.3, 0.4) is 0 Å². The summed E-state index contributed by atoms with van der Waals surface area (Å²) in [6.07, 6.45) is 5.57. The van der Waals surface area contributed by atoms with Gasteiger partial charge in [-0.25, -0.2) is 5.06 Å². The van der Waals surface area contributed by atoms with Crippen molar-refractivity contribution in [3.05, 3.63) is 24.2 Å². The summed E-state index contributed by atoms with van der Waals surface area (Å²) < 4.78 is 10.9. The average molecular weight is 320 g/mol. The zero-order valence-corrected chi connectivity index (χ0v) is 13.4. The molecule has 23 heavy (non-hydrogen) atoms. The second-order valence-electron chi connectivity index (χ2n) is 6.87. The molecule has 0 spiro atoms. The molecule has 4 rings (SSSR count). The van der Waals surface area contributed by atoms with Gasteiger partial charge >= 0.3 is 0 Å². The van der Waals surface area contributed by atoms with Crippen LogP contribution in [0.4, 0.5) is 0 Å². The Morgan fingerprint density at radius 1 is 1.26 bits per heavy atom. The van der Waals surface area contributed by atoms with Gasteiger partial charge in [0.25, 0.3) is 5.91 Å². The van der Waals surface area contributed by atoms with Gasteiger partial charge in [0.2, 0.25) is 0 Å². The Balaban J connectivity index is 1.41. The maximum atomic E-state index is 12.8. The molecule has 126 valence electrons. The van der Waals surface area contributed by atoms with Crippen molar-refractivity contribution in [1.29, 1.82) is 0 Å². The molecule has 0 unspecified atom stereocenters. The zero-order valence-electron chi connectivity index (χ0n) is 13.4. The topological polar surface area (TPSA) is 55.2 Å². The first-order chi connectivity index (χ1) is 11.3. The molecule has 6 nitrogen and oxygen atoms in total. The third-order valence-electron chi connectivity index (χ3n) is 5.27. The van der Waals surface area contributed by atoms with E-state index < -0.39 is 0 Å². The molecule has 1 aromatic heterocycles. The minimum absolute atomic E-state index is 0.0683. The number of ether oxygens (including phenoxy) is 1. The van der Waals surface area contributed by atoms with Crippen molar-refractivity contribution >= 4 is 5.91 Å². The van der Waals surface area contributed by atoms with E-state index in [-0.39, 0.29) is 11.8 Å². The highest BCUT2D eigenvalue weighted by molar-refractivity contribution is 5.78. The molecule has 1 aromatic rings. The lowest BCUT2D eigenvalue weighted by molar-refractivity contribution is -0.207. The van der Waals surface area contributed by atoms with E-state index in [1.54, 1.807) is 17.6 Å². The molecule has 3 aliphatic rings. The number of hydrogen-bond donors (Lipinski definition) is 0. The summed E-state index contributed by atoms with van der Waals surface area (Å²) in [6, 6.07) is 2.00. The third-order valence-corrected chi connectivity index (χ3v) is 5.27. The standard InChI is InChI=1S/C17H24N2O4/c20-17(19-4-1-2-5-23-19)16-12-22-11-14-8-18(9-15(14)16)7-13-3-6-21-10-13/h3,6,10,14-16H,1-2,4-5,7-9,11-12H2/t14-,15-,16-/m1/s1. The molecule has 6 heteroatoms. The lowest BCUT2D eigenvalue weighted by Crippen LogP contribution is -2.47. The molecule has 0 N–H and O–H groups in total. The Hall–Kier alpha value is -1.37. The van der Waals surface area contributed by atoms with Gasteiger partial charge in [0.05, 0.1) is 38.3 Å². The van der Waals surface area contributed by atoms with Crippen LogP contribution in [-0.2, 0) is 20.9 Å². The summed E-state index contributed by atoms with van der Waals surface area (Å²) in [6.45, 7) is 5.47. The highest BCUT2D eigenvalue weighted by Crippen LogP contribution is 2.36. The van der Waals surface area contributed by atoms with E-state index in [2.05, 4.69) is 4.90 Å². The monoisotopic (exact) mass is 320 g/mol. The number of likely N-dealkylation sites (tertiary alicyclic amines) is 1. The average Bonchev–Trinajstić information content (AvgIpc) is 3.24. The van der Waals surface area contributed by atoms with Gasteiger partial charge in [0, 0.05) is 31.7 Å². The fraction of sp³-hybridized carbons (Fsp3) is 0.706. The van der Waals surface area contributed by atoms with Gasteiger partial charge in [0.15, 0.2) is 0 Å². The van der Waals surface area contributed by atoms with Gasteiger partial charge in [-0.05, 0) is 30.7 Å². The van der Waals surface area contributed by atoms with Crippen LogP contribution in [0.2, 0.25) is 0 Å². The van der Waals surface area contributed by atoms with Crippen LogP contribution in [0.15, 0.2) is 23.0 Å². The molecule has 3 atom stereocenters. The molecule has 0 radical (unpaired) electrons. The van der Waals surface area contributed by atoms with E-state index in [0.29, 0.717) is 31.6 Å². The van der Waals surface area contributed by atoms with Crippen LogP contribution in [0.1, 0.15) is 18.4 Å². The van der Waals surface area contributed by atoms with Crippen molar-refractivity contribution in [2.75, 3.05) is 39.5 Å². The minimum Gasteiger partial charge on any atom is -0.472 e. The summed E-state index contributed by atoms with van der Waals surface area (Å²) in [5, 5.41) is 1.58. The van der Waals surface area contributed by atoms with Crippen LogP contribution in [-0.4, -0.2) is 55.3 Å². The smallest absolute Gasteiger partial charge is 0.251 e. The van der Waals surface area contributed by atoms with Gasteiger partial charge in [0.1, 0.15) is 0 Å². The van der Waals surface area contributed by atoms with Crippen LogP contribution < -0.4 is 0 Å². The predicted octanol–water partition coefficient (Wildman–Crippen LogP) is 1.53. The molecule has 3 fully saturated rings. The number of amides is 1. The molecular formula is C17H24N2O4. The van der Waals surface area contributed by atoms with Crippen molar-refractivity contribution in [3.63, 3.8) is 0 Å². The van der Waals surface area contributed by atoms with Crippen molar-refractivity contribution in [2.24, 2.45) is 17.8 Å². The first-order valence-corrected chi connectivity index (χ1v) is 8.57. The lowest BCUT2D eigenvalue weighted by Gasteiger charge is -2.36. The van der Waals surface area contributed by atoms with E-state index in [0.717, 1.165) is 39.1 Å². The van der Waals surface area contributed by atoms with Crippen LogP contribution in [0.25, 0.3) is 0 Å². The third kappa shape index (κ3) is 3.16. The Morgan fingerprint density at radius 2 is 2.22 bits per heavy atom. The van der Waals surface area contributed by atoms with Crippen molar-refractivity contribution in [3.8, 4) is 0 Å². The predicted molar refractivity (Wildman–Crippen MR) is 82.2 cm³/mol. The molecule has 0 aliphatic carbocycles. The SMILES string of the molecule is O=C([C@@H]1COC[C@H]2CN(Cc3ccoc3)C[C@H]21)N1CCCCO1.